The molecule has 1 rings (SSSR count). The Balaban J connectivity index is 3.18. The highest BCUT2D eigenvalue weighted by molar-refractivity contribution is 9.10. The summed E-state index contributed by atoms with van der Waals surface area (Å²) in [6, 6.07) is 1.06. The molecule has 10 heteroatoms. The zero-order valence-corrected chi connectivity index (χ0v) is 11.0. The van der Waals surface area contributed by atoms with E-state index in [0.29, 0.717) is 4.90 Å². The number of aliphatic hydroxyl groups is 1. The van der Waals surface area contributed by atoms with Crippen LogP contribution in [0.2, 0.25) is 0 Å². The first kappa shape index (κ1) is 15.6. The number of aliphatic hydroxyl groups excluding tert-OH is 1. The van der Waals surface area contributed by atoms with E-state index in [-0.39, 0.29) is 4.47 Å². The molecule has 0 atom stereocenters. The van der Waals surface area contributed by atoms with Gasteiger partial charge < -0.3 is 10.0 Å². The van der Waals surface area contributed by atoms with Gasteiger partial charge in [-0.2, -0.15) is 13.2 Å². The lowest BCUT2D eigenvalue weighted by Crippen LogP contribution is -2.37. The summed E-state index contributed by atoms with van der Waals surface area (Å²) in [5, 5.41) is 19.6. The van der Waals surface area contributed by atoms with E-state index >= 15 is 0 Å². The van der Waals surface area contributed by atoms with E-state index in [0.717, 1.165) is 12.3 Å². The van der Waals surface area contributed by atoms with Gasteiger partial charge in [-0.15, -0.1) is 0 Å². The van der Waals surface area contributed by atoms with E-state index in [4.69, 9.17) is 5.11 Å². The van der Waals surface area contributed by atoms with Crippen molar-refractivity contribution in [1.29, 1.82) is 0 Å². The standard InChI is InChI=1S/C9H9BrF3N3O3/c10-6-3-7(16(18)19)8(14-4-6)15(1-2-17)5-9(11,12)13/h3-4,17H,1-2,5H2. The van der Waals surface area contributed by atoms with Crippen molar-refractivity contribution in [1.82, 2.24) is 4.98 Å². The Kier molecular flexibility index (Phi) is 5.06. The van der Waals surface area contributed by atoms with E-state index in [1.807, 2.05) is 0 Å². The molecule has 0 spiro atoms. The highest BCUT2D eigenvalue weighted by Gasteiger charge is 2.33. The molecule has 0 aliphatic carbocycles. The van der Waals surface area contributed by atoms with Crippen LogP contribution in [-0.4, -0.2) is 40.9 Å². The van der Waals surface area contributed by atoms with Crippen molar-refractivity contribution in [2.45, 2.75) is 6.18 Å². The summed E-state index contributed by atoms with van der Waals surface area (Å²) in [5.41, 5.74) is -0.563. The van der Waals surface area contributed by atoms with Crippen molar-refractivity contribution in [2.75, 3.05) is 24.6 Å². The quantitative estimate of drug-likeness (QED) is 0.654. The largest absolute Gasteiger partial charge is 0.405 e. The molecule has 0 amide bonds. The zero-order chi connectivity index (χ0) is 14.6. The van der Waals surface area contributed by atoms with Gasteiger partial charge in [0.05, 0.1) is 11.5 Å². The maximum atomic E-state index is 12.4. The van der Waals surface area contributed by atoms with E-state index in [1.165, 1.54) is 0 Å². The van der Waals surface area contributed by atoms with Gasteiger partial charge in [0.1, 0.15) is 6.54 Å². The third kappa shape index (κ3) is 4.63. The maximum Gasteiger partial charge on any atom is 0.405 e. The minimum atomic E-state index is -4.56. The fraction of sp³-hybridized carbons (Fsp3) is 0.444. The van der Waals surface area contributed by atoms with Crippen molar-refractivity contribution >= 4 is 27.4 Å². The average Bonchev–Trinajstić information content (AvgIpc) is 2.26. The minimum absolute atomic E-state index is 0.277. The number of halogens is 4. The van der Waals surface area contributed by atoms with Gasteiger partial charge in [-0.3, -0.25) is 10.1 Å². The molecule has 1 heterocycles. The number of nitro groups is 1. The molecule has 0 radical (unpaired) electrons. The Morgan fingerprint density at radius 2 is 2.16 bits per heavy atom. The molecule has 0 aromatic carbocycles. The third-order valence-corrected chi connectivity index (χ3v) is 2.48. The van der Waals surface area contributed by atoms with E-state index in [1.54, 1.807) is 0 Å². The van der Waals surface area contributed by atoms with Crippen molar-refractivity contribution in [3.63, 3.8) is 0 Å². The second-order valence-electron chi connectivity index (χ2n) is 3.51. The monoisotopic (exact) mass is 343 g/mol. The van der Waals surface area contributed by atoms with Crippen molar-refractivity contribution < 1.29 is 23.2 Å². The number of rotatable bonds is 5. The SMILES string of the molecule is O=[N+]([O-])c1cc(Br)cnc1N(CCO)CC(F)(F)F. The van der Waals surface area contributed by atoms with Gasteiger partial charge in [0.25, 0.3) is 0 Å². The molecule has 1 N–H and O–H groups in total. The van der Waals surface area contributed by atoms with Gasteiger partial charge in [0.2, 0.25) is 5.82 Å². The van der Waals surface area contributed by atoms with Gasteiger partial charge in [0, 0.05) is 23.3 Å². The molecule has 6 nitrogen and oxygen atoms in total. The Morgan fingerprint density at radius 3 is 2.63 bits per heavy atom. The normalized spacial score (nSPS) is 11.4. The van der Waals surface area contributed by atoms with Crippen LogP contribution >= 0.6 is 15.9 Å². The minimum Gasteiger partial charge on any atom is -0.395 e. The van der Waals surface area contributed by atoms with Gasteiger partial charge in [0.15, 0.2) is 0 Å². The first-order chi connectivity index (χ1) is 8.74. The fourth-order valence-corrected chi connectivity index (χ4v) is 1.72. The Bertz CT molecular complexity index is 470. The Morgan fingerprint density at radius 1 is 1.53 bits per heavy atom. The van der Waals surface area contributed by atoms with Crippen LogP contribution < -0.4 is 4.90 Å². The molecule has 0 aliphatic rings. The Hall–Kier alpha value is -1.42. The number of hydrogen-bond acceptors (Lipinski definition) is 5. The second kappa shape index (κ2) is 6.15. The summed E-state index contributed by atoms with van der Waals surface area (Å²) in [5.74, 6) is -0.431. The highest BCUT2D eigenvalue weighted by atomic mass is 79.9. The van der Waals surface area contributed by atoms with Crippen LogP contribution in [-0.2, 0) is 0 Å². The molecule has 0 bridgehead atoms. The maximum absolute atomic E-state index is 12.4. The number of anilines is 1. The third-order valence-electron chi connectivity index (χ3n) is 2.05. The van der Waals surface area contributed by atoms with Gasteiger partial charge >= 0.3 is 11.9 Å². The zero-order valence-electron chi connectivity index (χ0n) is 9.39. The van der Waals surface area contributed by atoms with Crippen molar-refractivity contribution in [3.05, 3.63) is 26.9 Å². The Labute approximate surface area is 114 Å². The lowest BCUT2D eigenvalue weighted by Gasteiger charge is -2.23. The predicted molar refractivity (Wildman–Crippen MR) is 63.9 cm³/mol. The summed E-state index contributed by atoms with van der Waals surface area (Å²) >= 11 is 2.96. The van der Waals surface area contributed by atoms with Crippen molar-refractivity contribution in [3.8, 4) is 0 Å². The molecule has 1 aromatic heterocycles. The van der Waals surface area contributed by atoms with Crippen LogP contribution in [0.25, 0.3) is 0 Å². The van der Waals surface area contributed by atoms with Gasteiger partial charge in [-0.05, 0) is 15.9 Å². The van der Waals surface area contributed by atoms with Crippen LogP contribution in [0.15, 0.2) is 16.7 Å². The van der Waals surface area contributed by atoms with Crippen LogP contribution in [0.5, 0.6) is 0 Å². The first-order valence-corrected chi connectivity index (χ1v) is 5.76. The molecule has 0 fully saturated rings. The van der Waals surface area contributed by atoms with Gasteiger partial charge in [-0.25, -0.2) is 4.98 Å². The summed E-state index contributed by atoms with van der Waals surface area (Å²) < 4.78 is 37.5. The van der Waals surface area contributed by atoms with Crippen LogP contribution in [0.4, 0.5) is 24.7 Å². The molecule has 0 saturated heterocycles. The average molecular weight is 344 g/mol. The highest BCUT2D eigenvalue weighted by Crippen LogP contribution is 2.30. The number of alkyl halides is 3. The lowest BCUT2D eigenvalue weighted by molar-refractivity contribution is -0.384. The van der Waals surface area contributed by atoms with Gasteiger partial charge in [-0.1, -0.05) is 0 Å². The molecule has 0 saturated carbocycles. The first-order valence-electron chi connectivity index (χ1n) is 4.97. The van der Waals surface area contributed by atoms with Crippen LogP contribution in [0, 0.1) is 10.1 Å². The molecule has 1 aromatic rings. The van der Waals surface area contributed by atoms with Crippen LogP contribution in [0.1, 0.15) is 0 Å². The molecule has 0 unspecified atom stereocenters. The fourth-order valence-electron chi connectivity index (χ4n) is 1.40. The topological polar surface area (TPSA) is 79.5 Å². The molecular weight excluding hydrogens is 335 g/mol. The van der Waals surface area contributed by atoms with Crippen molar-refractivity contribution in [2.24, 2.45) is 0 Å². The smallest absolute Gasteiger partial charge is 0.395 e. The predicted octanol–water partition coefficient (Wildman–Crippen LogP) is 2.11. The molecule has 106 valence electrons. The van der Waals surface area contributed by atoms with E-state index in [9.17, 15) is 23.3 Å². The number of nitrogens with zero attached hydrogens (tertiary/aromatic N) is 3. The van der Waals surface area contributed by atoms with E-state index in [2.05, 4.69) is 20.9 Å². The van der Waals surface area contributed by atoms with Crippen LogP contribution in [0.3, 0.4) is 0 Å². The summed E-state index contributed by atoms with van der Waals surface area (Å²) in [7, 11) is 0. The number of aromatic nitrogens is 1. The summed E-state index contributed by atoms with van der Waals surface area (Å²) in [4.78, 5) is 14.2. The molecule has 0 aliphatic heterocycles. The molecular formula is C9H9BrF3N3O3. The number of hydrogen-bond donors (Lipinski definition) is 1. The lowest BCUT2D eigenvalue weighted by atomic mass is 10.3. The van der Waals surface area contributed by atoms with E-state index < -0.39 is 42.3 Å². The summed E-state index contributed by atoms with van der Waals surface area (Å²) in [6.07, 6.45) is -3.40. The molecule has 19 heavy (non-hydrogen) atoms. The second-order valence-corrected chi connectivity index (χ2v) is 4.43. The summed E-state index contributed by atoms with van der Waals surface area (Å²) in [6.45, 7) is -2.41. The number of pyridine rings is 1.